The van der Waals surface area contributed by atoms with Gasteiger partial charge >= 0.3 is 6.03 Å². The number of fused-ring (bicyclic) bond motifs is 1. The number of aromatic nitrogens is 1. The summed E-state index contributed by atoms with van der Waals surface area (Å²) in [5.74, 6) is -0.243. The van der Waals surface area contributed by atoms with E-state index in [1.165, 1.54) is 0 Å². The molecule has 6 heteroatoms. The number of aromatic amines is 1. The summed E-state index contributed by atoms with van der Waals surface area (Å²) in [4.78, 5) is 26.9. The molecule has 3 rings (SSSR count). The Morgan fingerprint density at radius 1 is 1.04 bits per heavy atom. The number of carbonyl (C=O) groups is 2. The van der Waals surface area contributed by atoms with E-state index < -0.39 is 12.1 Å². The van der Waals surface area contributed by atoms with Gasteiger partial charge in [-0.15, -0.1) is 0 Å². The molecule has 1 unspecified atom stereocenters. The Morgan fingerprint density at radius 2 is 1.77 bits per heavy atom. The van der Waals surface area contributed by atoms with Crippen molar-refractivity contribution in [2.45, 2.75) is 18.9 Å². The third kappa shape index (κ3) is 4.42. The normalized spacial score (nSPS) is 11.8. The molecule has 1 heterocycles. The quantitative estimate of drug-likeness (QED) is 0.525. The summed E-state index contributed by atoms with van der Waals surface area (Å²) in [6.45, 7) is 0.479. The number of nitrogens with two attached hydrogens (primary N) is 1. The van der Waals surface area contributed by atoms with E-state index in [9.17, 15) is 9.59 Å². The van der Waals surface area contributed by atoms with Crippen molar-refractivity contribution in [3.63, 3.8) is 0 Å². The standard InChI is InChI=1S/C20H22N4O2/c21-20(26)24-18(12-14-6-2-1-3-7-14)19(25)22-11-10-15-13-23-17-9-5-4-8-16(15)17/h1-9,13,18,23H,10-12H2,(H,22,25)(H3,21,24,26). The summed E-state index contributed by atoms with van der Waals surface area (Å²) in [5.41, 5.74) is 8.39. The summed E-state index contributed by atoms with van der Waals surface area (Å²) in [5, 5.41) is 6.56. The number of hydrogen-bond acceptors (Lipinski definition) is 2. The first-order valence-corrected chi connectivity index (χ1v) is 8.56. The largest absolute Gasteiger partial charge is 0.361 e. The molecule has 0 fully saturated rings. The third-order valence-corrected chi connectivity index (χ3v) is 4.28. The number of hydrogen-bond donors (Lipinski definition) is 4. The summed E-state index contributed by atoms with van der Waals surface area (Å²) in [6, 6.07) is 16.1. The zero-order valence-electron chi connectivity index (χ0n) is 14.4. The predicted molar refractivity (Wildman–Crippen MR) is 102 cm³/mol. The van der Waals surface area contributed by atoms with Crippen molar-refractivity contribution in [2.75, 3.05) is 6.54 Å². The predicted octanol–water partition coefficient (Wildman–Crippen LogP) is 2.11. The van der Waals surface area contributed by atoms with E-state index in [1.807, 2.05) is 54.7 Å². The fraction of sp³-hybridized carbons (Fsp3) is 0.200. The SMILES string of the molecule is NC(=O)NC(Cc1ccccc1)C(=O)NCCc1c[nH]c2ccccc12. The number of benzene rings is 2. The molecule has 0 saturated heterocycles. The van der Waals surface area contributed by atoms with Gasteiger partial charge in [-0.3, -0.25) is 4.79 Å². The molecule has 1 atom stereocenters. The highest BCUT2D eigenvalue weighted by atomic mass is 16.2. The smallest absolute Gasteiger partial charge is 0.312 e. The van der Waals surface area contributed by atoms with Crippen LogP contribution in [-0.4, -0.2) is 29.5 Å². The van der Waals surface area contributed by atoms with Crippen LogP contribution in [0.3, 0.4) is 0 Å². The lowest BCUT2D eigenvalue weighted by molar-refractivity contribution is -0.122. The van der Waals surface area contributed by atoms with E-state index in [1.54, 1.807) is 0 Å². The van der Waals surface area contributed by atoms with Crippen molar-refractivity contribution in [3.05, 3.63) is 71.9 Å². The molecule has 0 saturated carbocycles. The van der Waals surface area contributed by atoms with E-state index in [4.69, 9.17) is 5.73 Å². The molecule has 0 aliphatic rings. The van der Waals surface area contributed by atoms with Crippen molar-refractivity contribution in [3.8, 4) is 0 Å². The van der Waals surface area contributed by atoms with Crippen molar-refractivity contribution < 1.29 is 9.59 Å². The Labute approximate surface area is 151 Å². The van der Waals surface area contributed by atoms with E-state index in [-0.39, 0.29) is 5.91 Å². The molecular formula is C20H22N4O2. The summed E-state index contributed by atoms with van der Waals surface area (Å²) < 4.78 is 0. The van der Waals surface area contributed by atoms with Gasteiger partial charge in [0.25, 0.3) is 0 Å². The molecular weight excluding hydrogens is 328 g/mol. The van der Waals surface area contributed by atoms with Gasteiger partial charge in [-0.25, -0.2) is 4.79 Å². The fourth-order valence-electron chi connectivity index (χ4n) is 3.01. The van der Waals surface area contributed by atoms with Crippen LogP contribution in [0.4, 0.5) is 4.79 Å². The maximum atomic E-state index is 12.5. The van der Waals surface area contributed by atoms with Gasteiger partial charge in [-0.05, 0) is 23.6 Å². The molecule has 0 bridgehead atoms. The fourth-order valence-corrected chi connectivity index (χ4v) is 3.01. The number of H-pyrrole nitrogens is 1. The van der Waals surface area contributed by atoms with Crippen LogP contribution >= 0.6 is 0 Å². The minimum absolute atomic E-state index is 0.243. The summed E-state index contributed by atoms with van der Waals surface area (Å²) in [7, 11) is 0. The summed E-state index contributed by atoms with van der Waals surface area (Å²) in [6.07, 6.45) is 3.05. The second kappa shape index (κ2) is 8.20. The topological polar surface area (TPSA) is 100 Å². The molecule has 0 spiro atoms. The van der Waals surface area contributed by atoms with Gasteiger partial charge in [-0.1, -0.05) is 48.5 Å². The van der Waals surface area contributed by atoms with E-state index >= 15 is 0 Å². The van der Waals surface area contributed by atoms with Crippen LogP contribution in [0.15, 0.2) is 60.8 Å². The van der Waals surface area contributed by atoms with Crippen LogP contribution in [0.5, 0.6) is 0 Å². The maximum Gasteiger partial charge on any atom is 0.312 e. The lowest BCUT2D eigenvalue weighted by Crippen LogP contribution is -2.50. The first kappa shape index (κ1) is 17.5. The monoisotopic (exact) mass is 350 g/mol. The highest BCUT2D eigenvalue weighted by molar-refractivity contribution is 5.87. The van der Waals surface area contributed by atoms with Crippen LogP contribution in [0.25, 0.3) is 10.9 Å². The highest BCUT2D eigenvalue weighted by Crippen LogP contribution is 2.17. The van der Waals surface area contributed by atoms with Gasteiger partial charge < -0.3 is 21.4 Å². The lowest BCUT2D eigenvalue weighted by atomic mass is 10.1. The zero-order chi connectivity index (χ0) is 18.4. The van der Waals surface area contributed by atoms with Crippen LogP contribution in [0.1, 0.15) is 11.1 Å². The van der Waals surface area contributed by atoms with Crippen LogP contribution in [0, 0.1) is 0 Å². The van der Waals surface area contributed by atoms with E-state index in [0.717, 1.165) is 22.0 Å². The molecule has 1 aromatic heterocycles. The first-order valence-electron chi connectivity index (χ1n) is 8.56. The molecule has 0 aliphatic heterocycles. The molecule has 6 nitrogen and oxygen atoms in total. The second-order valence-electron chi connectivity index (χ2n) is 6.15. The van der Waals surface area contributed by atoms with Crippen molar-refractivity contribution >= 4 is 22.8 Å². The zero-order valence-corrected chi connectivity index (χ0v) is 14.4. The Hall–Kier alpha value is -3.28. The summed E-state index contributed by atoms with van der Waals surface area (Å²) >= 11 is 0. The Balaban J connectivity index is 1.59. The van der Waals surface area contributed by atoms with Crippen LogP contribution in [0.2, 0.25) is 0 Å². The third-order valence-electron chi connectivity index (χ3n) is 4.28. The molecule has 3 amide bonds. The molecule has 26 heavy (non-hydrogen) atoms. The van der Waals surface area contributed by atoms with Gasteiger partial charge in [0.15, 0.2) is 0 Å². The second-order valence-corrected chi connectivity index (χ2v) is 6.15. The Kier molecular flexibility index (Phi) is 5.53. The number of amides is 3. The van der Waals surface area contributed by atoms with Gasteiger partial charge in [0.05, 0.1) is 0 Å². The minimum Gasteiger partial charge on any atom is -0.361 e. The van der Waals surface area contributed by atoms with E-state index in [2.05, 4.69) is 21.7 Å². The molecule has 2 aromatic carbocycles. The highest BCUT2D eigenvalue weighted by Gasteiger charge is 2.20. The van der Waals surface area contributed by atoms with Crippen molar-refractivity contribution in [2.24, 2.45) is 5.73 Å². The molecule has 3 aromatic rings. The van der Waals surface area contributed by atoms with Crippen molar-refractivity contribution in [1.82, 2.24) is 15.6 Å². The maximum absolute atomic E-state index is 12.5. The Morgan fingerprint density at radius 3 is 2.54 bits per heavy atom. The lowest BCUT2D eigenvalue weighted by Gasteiger charge is -2.17. The molecule has 134 valence electrons. The number of urea groups is 1. The van der Waals surface area contributed by atoms with Gasteiger partial charge in [-0.2, -0.15) is 0 Å². The Bertz CT molecular complexity index is 889. The van der Waals surface area contributed by atoms with Gasteiger partial charge in [0, 0.05) is 30.1 Å². The number of carbonyl (C=O) groups excluding carboxylic acids is 2. The number of rotatable bonds is 7. The van der Waals surface area contributed by atoms with Crippen LogP contribution in [-0.2, 0) is 17.6 Å². The molecule has 5 N–H and O–H groups in total. The average molecular weight is 350 g/mol. The number of para-hydroxylation sites is 1. The van der Waals surface area contributed by atoms with E-state index in [0.29, 0.717) is 19.4 Å². The minimum atomic E-state index is -0.710. The number of primary amides is 1. The molecule has 0 aliphatic carbocycles. The van der Waals surface area contributed by atoms with Crippen molar-refractivity contribution in [1.29, 1.82) is 0 Å². The first-order chi connectivity index (χ1) is 12.6. The van der Waals surface area contributed by atoms with Gasteiger partial charge in [0.2, 0.25) is 5.91 Å². The van der Waals surface area contributed by atoms with Crippen LogP contribution < -0.4 is 16.4 Å². The molecule has 0 radical (unpaired) electrons. The van der Waals surface area contributed by atoms with Gasteiger partial charge in [0.1, 0.15) is 6.04 Å². The average Bonchev–Trinajstić information content (AvgIpc) is 3.05. The number of nitrogens with one attached hydrogen (secondary N) is 3.